The summed E-state index contributed by atoms with van der Waals surface area (Å²) in [5.41, 5.74) is 1.51. The maximum Gasteiger partial charge on any atom is 0.257 e. The van der Waals surface area contributed by atoms with Gasteiger partial charge in [0.2, 0.25) is 0 Å². The Morgan fingerprint density at radius 1 is 1.14 bits per heavy atom. The lowest BCUT2D eigenvalue weighted by molar-refractivity contribution is 0.0977. The molecule has 4 nitrogen and oxygen atoms in total. The number of carbonyl (C=O) groups is 1. The van der Waals surface area contributed by atoms with Crippen LogP contribution in [0.5, 0.6) is 0 Å². The van der Waals surface area contributed by atoms with Crippen LogP contribution in [0.1, 0.15) is 15.9 Å². The molecule has 0 fully saturated rings. The summed E-state index contributed by atoms with van der Waals surface area (Å²) >= 11 is 8.39. The maximum atomic E-state index is 12.0. The highest BCUT2D eigenvalue weighted by Crippen LogP contribution is 2.13. The topological polar surface area (TPSA) is 64.9 Å². The van der Waals surface area contributed by atoms with Gasteiger partial charge in [0.1, 0.15) is 6.07 Å². The molecule has 2 N–H and O–H groups in total. The lowest BCUT2D eigenvalue weighted by atomic mass is 10.2. The van der Waals surface area contributed by atoms with Crippen molar-refractivity contribution in [1.29, 1.82) is 5.26 Å². The van der Waals surface area contributed by atoms with E-state index in [9.17, 15) is 4.79 Å². The second-order valence-electron chi connectivity index (χ2n) is 4.07. The molecular formula is C15H10BrN3OS. The summed E-state index contributed by atoms with van der Waals surface area (Å²) in [5, 5.41) is 14.5. The molecule has 0 aromatic heterocycles. The predicted octanol–water partition coefficient (Wildman–Crippen LogP) is 3.45. The van der Waals surface area contributed by atoms with Crippen molar-refractivity contribution in [3.05, 3.63) is 64.1 Å². The van der Waals surface area contributed by atoms with Gasteiger partial charge in [-0.15, -0.1) is 0 Å². The van der Waals surface area contributed by atoms with E-state index in [1.165, 1.54) is 0 Å². The highest BCUT2D eigenvalue weighted by atomic mass is 79.9. The monoisotopic (exact) mass is 359 g/mol. The number of hydrogen-bond donors (Lipinski definition) is 2. The summed E-state index contributed by atoms with van der Waals surface area (Å²) in [6.07, 6.45) is 0. The van der Waals surface area contributed by atoms with E-state index in [4.69, 9.17) is 17.5 Å². The van der Waals surface area contributed by atoms with Crippen LogP contribution in [0.15, 0.2) is 53.0 Å². The molecule has 0 spiro atoms. The second kappa shape index (κ2) is 6.97. The van der Waals surface area contributed by atoms with Gasteiger partial charge in [-0.25, -0.2) is 0 Å². The fourth-order valence-electron chi connectivity index (χ4n) is 1.62. The average Bonchev–Trinajstić information content (AvgIpc) is 2.48. The van der Waals surface area contributed by atoms with Gasteiger partial charge in [0.05, 0.1) is 11.3 Å². The van der Waals surface area contributed by atoms with E-state index in [-0.39, 0.29) is 11.0 Å². The van der Waals surface area contributed by atoms with E-state index in [1.54, 1.807) is 48.5 Å². The van der Waals surface area contributed by atoms with E-state index < -0.39 is 0 Å². The number of thiocarbonyl (C=S) groups is 1. The van der Waals surface area contributed by atoms with E-state index >= 15 is 0 Å². The first-order valence-corrected chi connectivity index (χ1v) is 7.17. The number of benzene rings is 2. The summed E-state index contributed by atoms with van der Waals surface area (Å²) in [7, 11) is 0. The van der Waals surface area contributed by atoms with Gasteiger partial charge in [0.15, 0.2) is 5.11 Å². The summed E-state index contributed by atoms with van der Waals surface area (Å²) < 4.78 is 0.891. The smallest absolute Gasteiger partial charge is 0.257 e. The minimum absolute atomic E-state index is 0.144. The Kier molecular flexibility index (Phi) is 5.04. The molecule has 0 atom stereocenters. The molecule has 21 heavy (non-hydrogen) atoms. The van der Waals surface area contributed by atoms with Crippen molar-refractivity contribution in [3.63, 3.8) is 0 Å². The summed E-state index contributed by atoms with van der Waals surface area (Å²) in [6, 6.07) is 15.9. The molecule has 0 aliphatic carbocycles. The third kappa shape index (κ3) is 4.12. The average molecular weight is 360 g/mol. The summed E-state index contributed by atoms with van der Waals surface area (Å²) in [6.45, 7) is 0. The largest absolute Gasteiger partial charge is 0.331 e. The van der Waals surface area contributed by atoms with Crippen LogP contribution >= 0.6 is 28.1 Å². The molecule has 2 rings (SSSR count). The predicted molar refractivity (Wildman–Crippen MR) is 89.0 cm³/mol. The third-order valence-corrected chi connectivity index (χ3v) is 3.36. The molecule has 2 aromatic rings. The zero-order valence-corrected chi connectivity index (χ0v) is 13.2. The van der Waals surface area contributed by atoms with Gasteiger partial charge in [-0.3, -0.25) is 10.1 Å². The standard InChI is InChI=1S/C15H10BrN3OS/c16-12-7-5-10(6-8-12)14(20)19-15(21)18-13-4-2-1-3-11(13)9-17/h1-8H,(H2,18,19,20,21). The molecule has 0 heterocycles. The number of anilines is 1. The van der Waals surface area contributed by atoms with E-state index in [0.717, 1.165) is 4.47 Å². The first kappa shape index (κ1) is 15.2. The Bertz CT molecular complexity index is 722. The molecule has 0 saturated heterocycles. The number of carbonyl (C=O) groups excluding carboxylic acids is 1. The molecule has 0 aliphatic heterocycles. The van der Waals surface area contributed by atoms with Crippen molar-refractivity contribution in [2.75, 3.05) is 5.32 Å². The van der Waals surface area contributed by atoms with Gasteiger partial charge < -0.3 is 5.32 Å². The zero-order chi connectivity index (χ0) is 15.2. The quantitative estimate of drug-likeness (QED) is 0.806. The Morgan fingerprint density at radius 3 is 2.48 bits per heavy atom. The van der Waals surface area contributed by atoms with E-state index in [2.05, 4.69) is 32.6 Å². The van der Waals surface area contributed by atoms with Gasteiger partial charge in [0, 0.05) is 10.0 Å². The fourth-order valence-corrected chi connectivity index (χ4v) is 2.09. The Hall–Kier alpha value is -2.23. The molecular weight excluding hydrogens is 350 g/mol. The molecule has 0 saturated carbocycles. The van der Waals surface area contributed by atoms with Crippen LogP contribution in [-0.4, -0.2) is 11.0 Å². The number of nitriles is 1. The normalized spacial score (nSPS) is 9.52. The minimum Gasteiger partial charge on any atom is -0.331 e. The molecule has 0 unspecified atom stereocenters. The van der Waals surface area contributed by atoms with Crippen LogP contribution in [0, 0.1) is 11.3 Å². The number of amides is 1. The molecule has 6 heteroatoms. The Balaban J connectivity index is 2.03. The van der Waals surface area contributed by atoms with Crippen LogP contribution < -0.4 is 10.6 Å². The molecule has 1 amide bonds. The van der Waals surface area contributed by atoms with Crippen molar-refractivity contribution >= 4 is 44.9 Å². The van der Waals surface area contributed by atoms with Gasteiger partial charge in [-0.05, 0) is 48.6 Å². The zero-order valence-electron chi connectivity index (χ0n) is 10.8. The Labute approximate surface area is 135 Å². The first-order valence-electron chi connectivity index (χ1n) is 5.97. The molecule has 0 aliphatic rings. The SMILES string of the molecule is N#Cc1ccccc1NC(=S)NC(=O)c1ccc(Br)cc1. The van der Waals surface area contributed by atoms with Crippen molar-refractivity contribution in [1.82, 2.24) is 5.32 Å². The highest BCUT2D eigenvalue weighted by Gasteiger charge is 2.09. The number of nitrogens with one attached hydrogen (secondary N) is 2. The van der Waals surface area contributed by atoms with E-state index in [0.29, 0.717) is 16.8 Å². The number of para-hydroxylation sites is 1. The van der Waals surface area contributed by atoms with Crippen LogP contribution in [0.4, 0.5) is 5.69 Å². The van der Waals surface area contributed by atoms with Crippen molar-refractivity contribution < 1.29 is 4.79 Å². The van der Waals surface area contributed by atoms with E-state index in [1.807, 2.05) is 0 Å². The molecule has 0 radical (unpaired) electrons. The maximum absolute atomic E-state index is 12.0. The Morgan fingerprint density at radius 2 is 1.81 bits per heavy atom. The van der Waals surface area contributed by atoms with Crippen LogP contribution in [0.2, 0.25) is 0 Å². The number of nitrogens with zero attached hydrogens (tertiary/aromatic N) is 1. The first-order chi connectivity index (χ1) is 10.1. The van der Waals surface area contributed by atoms with Gasteiger partial charge in [-0.2, -0.15) is 5.26 Å². The molecule has 104 valence electrons. The van der Waals surface area contributed by atoms with Crippen molar-refractivity contribution in [3.8, 4) is 6.07 Å². The van der Waals surface area contributed by atoms with Crippen molar-refractivity contribution in [2.24, 2.45) is 0 Å². The van der Waals surface area contributed by atoms with Crippen LogP contribution in [0.25, 0.3) is 0 Å². The number of rotatable bonds is 2. The van der Waals surface area contributed by atoms with Crippen LogP contribution in [-0.2, 0) is 0 Å². The number of hydrogen-bond acceptors (Lipinski definition) is 3. The fraction of sp³-hybridized carbons (Fsp3) is 0. The van der Waals surface area contributed by atoms with Gasteiger partial charge in [-0.1, -0.05) is 28.1 Å². The minimum atomic E-state index is -0.311. The molecule has 2 aromatic carbocycles. The third-order valence-electron chi connectivity index (χ3n) is 2.63. The number of halogens is 1. The van der Waals surface area contributed by atoms with Gasteiger partial charge >= 0.3 is 0 Å². The highest BCUT2D eigenvalue weighted by molar-refractivity contribution is 9.10. The second-order valence-corrected chi connectivity index (χ2v) is 5.40. The lowest BCUT2D eigenvalue weighted by Gasteiger charge is -2.10. The summed E-state index contributed by atoms with van der Waals surface area (Å²) in [5.74, 6) is -0.311. The van der Waals surface area contributed by atoms with Crippen molar-refractivity contribution in [2.45, 2.75) is 0 Å². The summed E-state index contributed by atoms with van der Waals surface area (Å²) in [4.78, 5) is 12.0. The van der Waals surface area contributed by atoms with Crippen LogP contribution in [0.3, 0.4) is 0 Å². The van der Waals surface area contributed by atoms with Gasteiger partial charge in [0.25, 0.3) is 5.91 Å². The molecule has 0 bridgehead atoms. The lowest BCUT2D eigenvalue weighted by Crippen LogP contribution is -2.34.